The fourth-order valence-corrected chi connectivity index (χ4v) is 7.91. The van der Waals surface area contributed by atoms with Gasteiger partial charge in [0.05, 0.1) is 6.26 Å². The van der Waals surface area contributed by atoms with Crippen LogP contribution in [-0.2, 0) is 0 Å². The van der Waals surface area contributed by atoms with Crippen molar-refractivity contribution >= 4 is 64.0 Å². The monoisotopic (exact) mass is 552 g/mol. The van der Waals surface area contributed by atoms with E-state index in [-0.39, 0.29) is 0 Å². The minimum absolute atomic E-state index is 0.958. The molecule has 9 rings (SSSR count). The molecule has 0 aliphatic heterocycles. The molecule has 0 saturated heterocycles. The Labute approximate surface area is 246 Å². The second-order valence-corrected chi connectivity index (χ2v) is 11.9. The van der Waals surface area contributed by atoms with Crippen LogP contribution in [0.3, 0.4) is 0 Å². The molecule has 0 radical (unpaired) electrons. The van der Waals surface area contributed by atoms with Gasteiger partial charge < -0.3 is 4.42 Å². The zero-order valence-electron chi connectivity index (χ0n) is 22.7. The van der Waals surface area contributed by atoms with Crippen LogP contribution in [-0.4, -0.2) is 0 Å². The van der Waals surface area contributed by atoms with E-state index in [4.69, 9.17) is 4.42 Å². The van der Waals surface area contributed by atoms with Gasteiger partial charge in [-0.25, -0.2) is 0 Å². The van der Waals surface area contributed by atoms with Crippen molar-refractivity contribution in [2.75, 3.05) is 0 Å². The average Bonchev–Trinajstić information content (AvgIpc) is 3.66. The molecule has 1 nitrogen and oxygen atoms in total. The van der Waals surface area contributed by atoms with Crippen molar-refractivity contribution in [2.24, 2.45) is 0 Å². The lowest BCUT2D eigenvalue weighted by Gasteiger charge is -2.18. The van der Waals surface area contributed by atoms with E-state index in [0.29, 0.717) is 0 Å². The van der Waals surface area contributed by atoms with E-state index in [1.165, 1.54) is 69.5 Å². The van der Waals surface area contributed by atoms with E-state index in [9.17, 15) is 0 Å². The number of benzene rings is 7. The van der Waals surface area contributed by atoms with Crippen molar-refractivity contribution in [3.8, 4) is 33.4 Å². The molecule has 0 bridgehead atoms. The Morgan fingerprint density at radius 3 is 1.62 bits per heavy atom. The van der Waals surface area contributed by atoms with Crippen LogP contribution in [0.15, 0.2) is 150 Å². The maximum absolute atomic E-state index is 6.43. The Bertz CT molecular complexity index is 2390. The molecule has 0 fully saturated rings. The maximum Gasteiger partial charge on any atom is 0.143 e. The van der Waals surface area contributed by atoms with Gasteiger partial charge in [-0.05, 0) is 67.6 Å². The Kier molecular flexibility index (Phi) is 5.13. The van der Waals surface area contributed by atoms with Gasteiger partial charge in [0.25, 0.3) is 0 Å². The molecule has 2 aromatic heterocycles. The number of hydrogen-bond acceptors (Lipinski definition) is 2. The van der Waals surface area contributed by atoms with Gasteiger partial charge in [-0.15, -0.1) is 11.3 Å². The number of rotatable bonds is 3. The fraction of sp³-hybridized carbons (Fsp3) is 0. The molecule has 0 saturated carbocycles. The van der Waals surface area contributed by atoms with Gasteiger partial charge in [-0.1, -0.05) is 121 Å². The van der Waals surface area contributed by atoms with Crippen LogP contribution in [0.2, 0.25) is 0 Å². The van der Waals surface area contributed by atoms with Crippen molar-refractivity contribution in [3.05, 3.63) is 146 Å². The highest BCUT2D eigenvalue weighted by Crippen LogP contribution is 2.49. The summed E-state index contributed by atoms with van der Waals surface area (Å²) in [5.74, 6) is 0. The first-order valence-corrected chi connectivity index (χ1v) is 15.1. The second-order valence-electron chi connectivity index (χ2n) is 10.8. The van der Waals surface area contributed by atoms with Crippen LogP contribution in [0.5, 0.6) is 0 Å². The summed E-state index contributed by atoms with van der Waals surface area (Å²) in [6.45, 7) is 0. The van der Waals surface area contributed by atoms with Gasteiger partial charge in [0.2, 0.25) is 0 Å². The standard InChI is InChI=1S/C40H24OS/c1-3-12-25(13-4-1)33-24-41-40-31(33)22-23-35-39(40)38-32(20-11-21-34(38)42-35)37-29-18-9-7-16-27(29)36(26-14-5-2-6-15-26)28-17-8-10-19-30(28)37/h1-24H. The molecule has 7 aromatic carbocycles. The van der Waals surface area contributed by atoms with Gasteiger partial charge in [0.15, 0.2) is 0 Å². The van der Waals surface area contributed by atoms with Crippen LogP contribution < -0.4 is 0 Å². The molecule has 9 aromatic rings. The summed E-state index contributed by atoms with van der Waals surface area (Å²) < 4.78 is 8.95. The lowest BCUT2D eigenvalue weighted by Crippen LogP contribution is -1.91. The number of furan rings is 1. The molecule has 2 heteroatoms. The third-order valence-corrected chi connectivity index (χ3v) is 9.67. The predicted molar refractivity (Wildman–Crippen MR) is 180 cm³/mol. The Morgan fingerprint density at radius 1 is 0.381 bits per heavy atom. The van der Waals surface area contributed by atoms with Crippen molar-refractivity contribution in [1.82, 2.24) is 0 Å². The molecule has 2 heterocycles. The SMILES string of the molecule is c1ccc(-c2c3ccccc3c(-c3cccc4sc5ccc6c(-c7ccccc7)coc6c5c34)c3ccccc23)cc1. The summed E-state index contributed by atoms with van der Waals surface area (Å²) >= 11 is 1.84. The van der Waals surface area contributed by atoms with Crippen LogP contribution in [0, 0.1) is 0 Å². The van der Waals surface area contributed by atoms with E-state index in [2.05, 4.69) is 140 Å². The predicted octanol–water partition coefficient (Wildman–Crippen LogP) is 12.1. The fourth-order valence-electron chi connectivity index (χ4n) is 6.78. The highest BCUT2D eigenvalue weighted by Gasteiger charge is 2.21. The molecule has 0 atom stereocenters. The molecular weight excluding hydrogens is 529 g/mol. The summed E-state index contributed by atoms with van der Waals surface area (Å²) in [5, 5.41) is 8.67. The maximum atomic E-state index is 6.43. The van der Waals surface area contributed by atoms with Gasteiger partial charge in [0, 0.05) is 31.1 Å². The van der Waals surface area contributed by atoms with Crippen LogP contribution in [0.25, 0.3) is 86.1 Å². The number of fused-ring (bicyclic) bond motifs is 7. The molecule has 0 spiro atoms. The first-order chi connectivity index (χ1) is 20.9. The van der Waals surface area contributed by atoms with E-state index < -0.39 is 0 Å². The van der Waals surface area contributed by atoms with E-state index in [0.717, 1.165) is 16.5 Å². The van der Waals surface area contributed by atoms with E-state index in [1.807, 2.05) is 17.6 Å². The highest BCUT2D eigenvalue weighted by molar-refractivity contribution is 7.26. The lowest BCUT2D eigenvalue weighted by atomic mass is 9.85. The molecule has 0 aliphatic carbocycles. The van der Waals surface area contributed by atoms with Crippen LogP contribution in [0.1, 0.15) is 0 Å². The van der Waals surface area contributed by atoms with Crippen molar-refractivity contribution in [2.45, 2.75) is 0 Å². The first-order valence-electron chi connectivity index (χ1n) is 14.3. The molecule has 0 aliphatic rings. The molecular formula is C40H24OS. The molecule has 0 amide bonds. The smallest absolute Gasteiger partial charge is 0.143 e. The van der Waals surface area contributed by atoms with E-state index in [1.54, 1.807) is 0 Å². The topological polar surface area (TPSA) is 13.1 Å². The van der Waals surface area contributed by atoms with Gasteiger partial charge in [-0.3, -0.25) is 0 Å². The molecule has 0 N–H and O–H groups in total. The molecule has 196 valence electrons. The minimum atomic E-state index is 0.958. The normalized spacial score (nSPS) is 11.8. The van der Waals surface area contributed by atoms with Crippen LogP contribution in [0.4, 0.5) is 0 Å². The Hall–Kier alpha value is -5.18. The van der Waals surface area contributed by atoms with Crippen molar-refractivity contribution in [3.63, 3.8) is 0 Å². The third-order valence-electron chi connectivity index (χ3n) is 8.55. The molecule has 42 heavy (non-hydrogen) atoms. The largest absolute Gasteiger partial charge is 0.463 e. The van der Waals surface area contributed by atoms with Gasteiger partial charge in [0.1, 0.15) is 5.58 Å². The molecule has 0 unspecified atom stereocenters. The van der Waals surface area contributed by atoms with Gasteiger partial charge in [-0.2, -0.15) is 0 Å². The highest BCUT2D eigenvalue weighted by atomic mass is 32.1. The van der Waals surface area contributed by atoms with E-state index >= 15 is 0 Å². The van der Waals surface area contributed by atoms with Gasteiger partial charge >= 0.3 is 0 Å². The third kappa shape index (κ3) is 3.36. The van der Waals surface area contributed by atoms with Crippen LogP contribution >= 0.6 is 11.3 Å². The average molecular weight is 553 g/mol. The minimum Gasteiger partial charge on any atom is -0.463 e. The lowest BCUT2D eigenvalue weighted by molar-refractivity contribution is 0.620. The van der Waals surface area contributed by atoms with Crippen molar-refractivity contribution < 1.29 is 4.42 Å². The Balaban J connectivity index is 1.43. The summed E-state index contributed by atoms with van der Waals surface area (Å²) in [6, 6.07) is 50.3. The summed E-state index contributed by atoms with van der Waals surface area (Å²) in [5.41, 5.74) is 8.31. The second kappa shape index (κ2) is 9.17. The number of thiophene rings is 1. The zero-order chi connectivity index (χ0) is 27.6. The first kappa shape index (κ1) is 23.5. The Morgan fingerprint density at radius 2 is 0.952 bits per heavy atom. The summed E-state index contributed by atoms with van der Waals surface area (Å²) in [7, 11) is 0. The van der Waals surface area contributed by atoms with Crippen molar-refractivity contribution in [1.29, 1.82) is 0 Å². The summed E-state index contributed by atoms with van der Waals surface area (Å²) in [6.07, 6.45) is 1.92. The quantitative estimate of drug-likeness (QED) is 0.199. The summed E-state index contributed by atoms with van der Waals surface area (Å²) in [4.78, 5) is 0. The zero-order valence-corrected chi connectivity index (χ0v) is 23.5. The number of hydrogen-bond donors (Lipinski definition) is 0.